The monoisotopic (exact) mass is 128 g/mol. The second-order valence-electron chi connectivity index (χ2n) is 3.32. The van der Waals surface area contributed by atoms with Crippen LogP contribution >= 0.6 is 0 Å². The Morgan fingerprint density at radius 1 is 1.44 bits per heavy atom. The van der Waals surface area contributed by atoms with Crippen LogP contribution < -0.4 is 5.32 Å². The molecule has 0 aromatic rings. The molecule has 1 aliphatic heterocycles. The summed E-state index contributed by atoms with van der Waals surface area (Å²) < 4.78 is 0. The van der Waals surface area contributed by atoms with Crippen LogP contribution in [0.15, 0.2) is 0 Å². The topological polar surface area (TPSA) is 15.3 Å². The highest BCUT2D eigenvalue weighted by atomic mass is 15.2. The molecule has 9 heavy (non-hydrogen) atoms. The molecule has 0 aromatic heterocycles. The molecule has 1 saturated heterocycles. The van der Waals surface area contributed by atoms with Gasteiger partial charge in [0.15, 0.2) is 0 Å². The predicted molar refractivity (Wildman–Crippen MR) is 39.6 cm³/mol. The molecule has 2 nitrogen and oxygen atoms in total. The van der Waals surface area contributed by atoms with E-state index < -0.39 is 0 Å². The molecule has 0 aromatic carbocycles. The Bertz CT molecular complexity index is 93.1. The van der Waals surface area contributed by atoms with Gasteiger partial charge in [-0.3, -0.25) is 0 Å². The lowest BCUT2D eigenvalue weighted by Crippen LogP contribution is -2.42. The van der Waals surface area contributed by atoms with E-state index in [-0.39, 0.29) is 0 Å². The molecule has 54 valence electrons. The van der Waals surface area contributed by atoms with Crippen LogP contribution in [0.1, 0.15) is 13.3 Å². The quantitative estimate of drug-likeness (QED) is 0.546. The number of hydrogen-bond acceptors (Lipinski definition) is 2. The van der Waals surface area contributed by atoms with E-state index in [0.29, 0.717) is 5.54 Å². The number of nitrogens with one attached hydrogen (secondary N) is 1. The van der Waals surface area contributed by atoms with Crippen molar-refractivity contribution in [2.75, 3.05) is 27.2 Å². The Morgan fingerprint density at radius 3 is 2.33 bits per heavy atom. The summed E-state index contributed by atoms with van der Waals surface area (Å²) in [5, 5.41) is 3.35. The molecule has 1 unspecified atom stereocenters. The fraction of sp³-hybridized carbons (Fsp3) is 1.00. The molecule has 0 saturated carbocycles. The van der Waals surface area contributed by atoms with Gasteiger partial charge < -0.3 is 10.2 Å². The van der Waals surface area contributed by atoms with Crippen molar-refractivity contribution >= 4 is 0 Å². The highest BCUT2D eigenvalue weighted by Gasteiger charge is 2.29. The molecule has 1 atom stereocenters. The van der Waals surface area contributed by atoms with E-state index in [1.54, 1.807) is 0 Å². The van der Waals surface area contributed by atoms with Crippen LogP contribution in [0.4, 0.5) is 0 Å². The van der Waals surface area contributed by atoms with E-state index in [2.05, 4.69) is 31.2 Å². The van der Waals surface area contributed by atoms with Gasteiger partial charge in [-0.25, -0.2) is 0 Å². The fourth-order valence-electron chi connectivity index (χ4n) is 1.19. The molecule has 0 spiro atoms. The van der Waals surface area contributed by atoms with Crippen LogP contribution in [0.25, 0.3) is 0 Å². The van der Waals surface area contributed by atoms with Crippen LogP contribution in [-0.2, 0) is 0 Å². The molecule has 1 N–H and O–H groups in total. The molecule has 1 rings (SSSR count). The summed E-state index contributed by atoms with van der Waals surface area (Å²) in [4.78, 5) is 2.30. The molecule has 1 heterocycles. The first kappa shape index (κ1) is 7.03. The average Bonchev–Trinajstić information content (AvgIpc) is 2.16. The molecular weight excluding hydrogens is 112 g/mol. The van der Waals surface area contributed by atoms with E-state index in [9.17, 15) is 0 Å². The maximum absolute atomic E-state index is 3.35. The van der Waals surface area contributed by atoms with E-state index >= 15 is 0 Å². The third-order valence-electron chi connectivity index (χ3n) is 2.43. The normalized spacial score (nSPS) is 36.0. The standard InChI is InChI=1S/C7H16N2/c1-7(9(2)3)4-5-8-6-7/h8H,4-6H2,1-3H3. The lowest BCUT2D eigenvalue weighted by atomic mass is 10.0. The maximum Gasteiger partial charge on any atom is 0.0311 e. The Kier molecular flexibility index (Phi) is 1.78. The van der Waals surface area contributed by atoms with Crippen molar-refractivity contribution in [2.24, 2.45) is 0 Å². The summed E-state index contributed by atoms with van der Waals surface area (Å²) in [5.74, 6) is 0. The minimum absolute atomic E-state index is 0.417. The Morgan fingerprint density at radius 2 is 2.11 bits per heavy atom. The van der Waals surface area contributed by atoms with Crippen molar-refractivity contribution < 1.29 is 0 Å². The lowest BCUT2D eigenvalue weighted by molar-refractivity contribution is 0.196. The summed E-state index contributed by atoms with van der Waals surface area (Å²) >= 11 is 0. The molecule has 0 aliphatic carbocycles. The predicted octanol–water partition coefficient (Wildman–Crippen LogP) is 0.300. The summed E-state index contributed by atoms with van der Waals surface area (Å²) in [6.45, 7) is 4.61. The first-order valence-corrected chi connectivity index (χ1v) is 3.53. The second kappa shape index (κ2) is 2.27. The zero-order valence-corrected chi connectivity index (χ0v) is 6.57. The minimum Gasteiger partial charge on any atom is -0.315 e. The van der Waals surface area contributed by atoms with Crippen molar-refractivity contribution in [1.82, 2.24) is 10.2 Å². The minimum atomic E-state index is 0.417. The molecule has 0 bridgehead atoms. The van der Waals surface area contributed by atoms with Gasteiger partial charge in [-0.15, -0.1) is 0 Å². The molecule has 0 amide bonds. The van der Waals surface area contributed by atoms with E-state index in [4.69, 9.17) is 0 Å². The molecule has 1 fully saturated rings. The highest BCUT2D eigenvalue weighted by molar-refractivity contribution is 4.90. The van der Waals surface area contributed by atoms with Crippen LogP contribution in [0.3, 0.4) is 0 Å². The van der Waals surface area contributed by atoms with Crippen molar-refractivity contribution in [3.05, 3.63) is 0 Å². The molecular formula is C7H16N2. The number of nitrogens with zero attached hydrogens (tertiary/aromatic N) is 1. The Labute approximate surface area is 57.2 Å². The molecule has 2 heteroatoms. The Balaban J connectivity index is 2.51. The van der Waals surface area contributed by atoms with E-state index in [1.165, 1.54) is 13.0 Å². The van der Waals surface area contributed by atoms with Gasteiger partial charge in [0.2, 0.25) is 0 Å². The van der Waals surface area contributed by atoms with Crippen LogP contribution in [0.2, 0.25) is 0 Å². The van der Waals surface area contributed by atoms with Gasteiger partial charge in [0, 0.05) is 12.1 Å². The summed E-state index contributed by atoms with van der Waals surface area (Å²) in [5.41, 5.74) is 0.417. The van der Waals surface area contributed by atoms with Crippen molar-refractivity contribution in [1.29, 1.82) is 0 Å². The van der Waals surface area contributed by atoms with Crippen molar-refractivity contribution in [3.63, 3.8) is 0 Å². The third kappa shape index (κ3) is 1.25. The van der Waals surface area contributed by atoms with E-state index in [0.717, 1.165) is 6.54 Å². The number of likely N-dealkylation sites (N-methyl/N-ethyl adjacent to an activating group) is 1. The summed E-state index contributed by atoms with van der Waals surface area (Å²) in [6.07, 6.45) is 1.28. The van der Waals surface area contributed by atoms with Gasteiger partial charge in [-0.2, -0.15) is 0 Å². The summed E-state index contributed by atoms with van der Waals surface area (Å²) in [6, 6.07) is 0. The number of hydrogen-bond donors (Lipinski definition) is 1. The first-order chi connectivity index (χ1) is 4.15. The molecule has 1 aliphatic rings. The average molecular weight is 128 g/mol. The van der Waals surface area contributed by atoms with Gasteiger partial charge in [0.25, 0.3) is 0 Å². The van der Waals surface area contributed by atoms with Crippen molar-refractivity contribution in [3.8, 4) is 0 Å². The SMILES string of the molecule is CN(C)C1(C)CCNC1. The van der Waals surface area contributed by atoms with Crippen LogP contribution in [-0.4, -0.2) is 37.6 Å². The largest absolute Gasteiger partial charge is 0.315 e. The van der Waals surface area contributed by atoms with Gasteiger partial charge in [0.05, 0.1) is 0 Å². The number of rotatable bonds is 1. The first-order valence-electron chi connectivity index (χ1n) is 3.53. The van der Waals surface area contributed by atoms with Gasteiger partial charge in [-0.05, 0) is 34.0 Å². The van der Waals surface area contributed by atoms with Gasteiger partial charge in [-0.1, -0.05) is 0 Å². The molecule has 0 radical (unpaired) electrons. The zero-order chi connectivity index (χ0) is 6.91. The lowest BCUT2D eigenvalue weighted by Gasteiger charge is -2.30. The Hall–Kier alpha value is -0.0800. The summed E-state index contributed by atoms with van der Waals surface area (Å²) in [7, 11) is 4.29. The van der Waals surface area contributed by atoms with Gasteiger partial charge >= 0.3 is 0 Å². The smallest absolute Gasteiger partial charge is 0.0311 e. The van der Waals surface area contributed by atoms with Gasteiger partial charge in [0.1, 0.15) is 0 Å². The van der Waals surface area contributed by atoms with E-state index in [1.807, 2.05) is 0 Å². The zero-order valence-electron chi connectivity index (χ0n) is 6.57. The second-order valence-corrected chi connectivity index (χ2v) is 3.32. The van der Waals surface area contributed by atoms with Crippen LogP contribution in [0, 0.1) is 0 Å². The maximum atomic E-state index is 3.35. The third-order valence-corrected chi connectivity index (χ3v) is 2.43. The highest BCUT2D eigenvalue weighted by Crippen LogP contribution is 2.18. The van der Waals surface area contributed by atoms with Crippen LogP contribution in [0.5, 0.6) is 0 Å². The fourth-order valence-corrected chi connectivity index (χ4v) is 1.19. The van der Waals surface area contributed by atoms with Crippen molar-refractivity contribution in [2.45, 2.75) is 18.9 Å².